The third-order valence-electron chi connectivity index (χ3n) is 7.06. The first-order valence-corrected chi connectivity index (χ1v) is 12.4. The Balaban J connectivity index is 1.52. The smallest absolute Gasteiger partial charge is 0.0598 e. The molecule has 33 heavy (non-hydrogen) atoms. The maximum atomic E-state index is 2.50. The quantitative estimate of drug-likeness (QED) is 0.239. The number of nitrogens with zero attached hydrogens (tertiary/aromatic N) is 1. The molecule has 1 nitrogen and oxygen atoms in total. The van der Waals surface area contributed by atoms with Crippen molar-refractivity contribution in [3.8, 4) is 0 Å². The van der Waals surface area contributed by atoms with Crippen LogP contribution in [0.2, 0.25) is 0 Å². The number of anilines is 2. The number of para-hydroxylation sites is 2. The van der Waals surface area contributed by atoms with Crippen LogP contribution in [-0.4, -0.2) is 0 Å². The van der Waals surface area contributed by atoms with Crippen LogP contribution in [0.25, 0.3) is 27.6 Å². The summed E-state index contributed by atoms with van der Waals surface area (Å²) in [5.74, 6) is 0.456. The van der Waals surface area contributed by atoms with E-state index in [4.69, 9.17) is 0 Å². The second kappa shape index (κ2) is 7.26. The summed E-state index contributed by atoms with van der Waals surface area (Å²) in [5.41, 5.74) is 6.78. The molecule has 0 saturated carbocycles. The summed E-state index contributed by atoms with van der Waals surface area (Å²) in [6, 6.07) is 35.6. The highest BCUT2D eigenvalue weighted by Gasteiger charge is 2.29. The molecular weight excluding hydrogens is 418 g/mol. The van der Waals surface area contributed by atoms with Crippen molar-refractivity contribution in [2.24, 2.45) is 0 Å². The number of hydrogen-bond acceptors (Lipinski definition) is 2. The molecule has 0 amide bonds. The molecular formula is C31H23NS. The van der Waals surface area contributed by atoms with Gasteiger partial charge in [0.25, 0.3) is 0 Å². The molecule has 5 aromatic rings. The van der Waals surface area contributed by atoms with Gasteiger partial charge in [0.15, 0.2) is 0 Å². The molecule has 2 heteroatoms. The summed E-state index contributed by atoms with van der Waals surface area (Å²) >= 11 is 1.87. The van der Waals surface area contributed by atoms with Crippen molar-refractivity contribution in [3.63, 3.8) is 0 Å². The highest BCUT2D eigenvalue weighted by molar-refractivity contribution is 7.99. The Labute approximate surface area is 198 Å². The highest BCUT2D eigenvalue weighted by Crippen LogP contribution is 2.52. The van der Waals surface area contributed by atoms with Crippen LogP contribution < -0.4 is 4.90 Å². The van der Waals surface area contributed by atoms with E-state index in [0.29, 0.717) is 5.92 Å². The predicted octanol–water partition coefficient (Wildman–Crippen LogP) is 9.14. The van der Waals surface area contributed by atoms with Crippen molar-refractivity contribution in [2.75, 3.05) is 4.90 Å². The Hall–Kier alpha value is -3.49. The fourth-order valence-electron chi connectivity index (χ4n) is 5.55. The van der Waals surface area contributed by atoms with Crippen molar-refractivity contribution in [2.45, 2.75) is 29.1 Å². The lowest BCUT2D eigenvalue weighted by atomic mass is 9.82. The molecule has 158 valence electrons. The molecule has 1 aliphatic carbocycles. The van der Waals surface area contributed by atoms with Gasteiger partial charge < -0.3 is 4.90 Å². The molecule has 1 unspecified atom stereocenters. The van der Waals surface area contributed by atoms with Crippen LogP contribution in [0.3, 0.4) is 0 Å². The SMILES string of the molecule is CC1CC(N2c3ccccc3Sc3ccccc32)=Cc2c1ccc1ccc3ccccc3c21. The Morgan fingerprint density at radius 3 is 2.12 bits per heavy atom. The van der Waals surface area contributed by atoms with Crippen molar-refractivity contribution < 1.29 is 0 Å². The van der Waals surface area contributed by atoms with Crippen molar-refractivity contribution in [1.29, 1.82) is 0 Å². The van der Waals surface area contributed by atoms with E-state index in [1.54, 1.807) is 0 Å². The third-order valence-corrected chi connectivity index (χ3v) is 8.19. The largest absolute Gasteiger partial charge is 0.312 e. The summed E-state index contributed by atoms with van der Waals surface area (Å²) in [7, 11) is 0. The molecule has 0 aromatic heterocycles. The van der Waals surface area contributed by atoms with Crippen LogP contribution in [-0.2, 0) is 0 Å². The molecule has 2 aliphatic rings. The van der Waals surface area contributed by atoms with Gasteiger partial charge in [-0.05, 0) is 75.4 Å². The van der Waals surface area contributed by atoms with E-state index in [1.807, 2.05) is 11.8 Å². The predicted molar refractivity (Wildman–Crippen MR) is 142 cm³/mol. The Morgan fingerprint density at radius 1 is 0.697 bits per heavy atom. The zero-order valence-corrected chi connectivity index (χ0v) is 19.3. The molecule has 1 atom stereocenters. The zero-order valence-electron chi connectivity index (χ0n) is 18.5. The van der Waals surface area contributed by atoms with Crippen LogP contribution in [0.4, 0.5) is 11.4 Å². The summed E-state index contributed by atoms with van der Waals surface area (Å²) in [6.07, 6.45) is 3.49. The summed E-state index contributed by atoms with van der Waals surface area (Å²) in [6.45, 7) is 2.37. The van der Waals surface area contributed by atoms with Gasteiger partial charge in [-0.3, -0.25) is 0 Å². The minimum absolute atomic E-state index is 0.456. The normalized spacial score (nSPS) is 16.8. The van der Waals surface area contributed by atoms with E-state index in [0.717, 1.165) is 6.42 Å². The zero-order chi connectivity index (χ0) is 21.9. The van der Waals surface area contributed by atoms with Gasteiger partial charge in [0.2, 0.25) is 0 Å². The summed E-state index contributed by atoms with van der Waals surface area (Å²) < 4.78 is 0. The monoisotopic (exact) mass is 441 g/mol. The van der Waals surface area contributed by atoms with E-state index in [1.165, 1.54) is 59.5 Å². The number of allylic oxidation sites excluding steroid dienone is 1. The van der Waals surface area contributed by atoms with Gasteiger partial charge in [0, 0.05) is 15.5 Å². The van der Waals surface area contributed by atoms with Gasteiger partial charge >= 0.3 is 0 Å². The standard InChI is InChI=1S/C31H23NS/c1-20-18-23(32-27-10-4-6-12-29(27)33-30-13-7-5-11-28(30)32)19-26-24(20)17-16-22-15-14-21-8-2-3-9-25(21)31(22)26/h2-17,19-20H,18H2,1H3. The molecule has 0 radical (unpaired) electrons. The maximum Gasteiger partial charge on any atom is 0.0598 e. The fourth-order valence-corrected chi connectivity index (χ4v) is 6.60. The first-order chi connectivity index (χ1) is 16.3. The van der Waals surface area contributed by atoms with Crippen LogP contribution in [0.5, 0.6) is 0 Å². The lowest BCUT2D eigenvalue weighted by Gasteiger charge is -2.37. The average molecular weight is 442 g/mol. The first-order valence-electron chi connectivity index (χ1n) is 11.6. The molecule has 0 bridgehead atoms. The molecule has 5 aromatic carbocycles. The Bertz CT molecular complexity index is 1550. The third kappa shape index (κ3) is 2.87. The van der Waals surface area contributed by atoms with E-state index in [-0.39, 0.29) is 0 Å². The molecule has 1 heterocycles. The van der Waals surface area contributed by atoms with Gasteiger partial charge in [-0.2, -0.15) is 0 Å². The molecule has 0 N–H and O–H groups in total. The maximum absolute atomic E-state index is 2.50. The Morgan fingerprint density at radius 2 is 1.33 bits per heavy atom. The first kappa shape index (κ1) is 19.0. The number of rotatable bonds is 1. The van der Waals surface area contributed by atoms with Crippen LogP contribution in [0, 0.1) is 0 Å². The van der Waals surface area contributed by atoms with Crippen molar-refractivity contribution >= 4 is 50.8 Å². The Kier molecular flexibility index (Phi) is 4.19. The second-order valence-electron chi connectivity index (χ2n) is 9.07. The number of benzene rings is 5. The topological polar surface area (TPSA) is 3.24 Å². The van der Waals surface area contributed by atoms with Gasteiger partial charge in [-0.15, -0.1) is 0 Å². The van der Waals surface area contributed by atoms with Crippen molar-refractivity contribution in [1.82, 2.24) is 0 Å². The summed E-state index contributed by atoms with van der Waals surface area (Å²) in [4.78, 5) is 5.14. The molecule has 7 rings (SSSR count). The van der Waals surface area contributed by atoms with Crippen LogP contribution in [0.1, 0.15) is 30.4 Å². The minimum atomic E-state index is 0.456. The lowest BCUT2D eigenvalue weighted by molar-refractivity contribution is 0.729. The molecule has 0 saturated heterocycles. The average Bonchev–Trinajstić information content (AvgIpc) is 2.86. The van der Waals surface area contributed by atoms with E-state index in [2.05, 4.69) is 115 Å². The number of hydrogen-bond donors (Lipinski definition) is 0. The van der Waals surface area contributed by atoms with Gasteiger partial charge in [-0.1, -0.05) is 91.5 Å². The minimum Gasteiger partial charge on any atom is -0.312 e. The summed E-state index contributed by atoms with van der Waals surface area (Å²) in [5, 5.41) is 5.33. The van der Waals surface area contributed by atoms with Gasteiger partial charge in [0.1, 0.15) is 0 Å². The van der Waals surface area contributed by atoms with Crippen molar-refractivity contribution in [3.05, 3.63) is 114 Å². The molecule has 0 fully saturated rings. The van der Waals surface area contributed by atoms with Crippen LogP contribution >= 0.6 is 11.8 Å². The number of fused-ring (bicyclic) bond motifs is 7. The van der Waals surface area contributed by atoms with Crippen LogP contribution in [0.15, 0.2) is 113 Å². The highest BCUT2D eigenvalue weighted by atomic mass is 32.2. The van der Waals surface area contributed by atoms with Gasteiger partial charge in [-0.25, -0.2) is 0 Å². The second-order valence-corrected chi connectivity index (χ2v) is 10.2. The lowest BCUT2D eigenvalue weighted by Crippen LogP contribution is -2.23. The van der Waals surface area contributed by atoms with Gasteiger partial charge in [0.05, 0.1) is 11.4 Å². The van der Waals surface area contributed by atoms with E-state index < -0.39 is 0 Å². The molecule has 0 spiro atoms. The fraction of sp³-hybridized carbons (Fsp3) is 0.0968. The molecule has 1 aliphatic heterocycles. The van der Waals surface area contributed by atoms with E-state index in [9.17, 15) is 0 Å². The van der Waals surface area contributed by atoms with E-state index >= 15 is 0 Å².